The Morgan fingerprint density at radius 2 is 2.10 bits per heavy atom. The molecule has 0 saturated heterocycles. The first-order valence-corrected chi connectivity index (χ1v) is 6.67. The van der Waals surface area contributed by atoms with Gasteiger partial charge in [0.25, 0.3) is 0 Å². The Bertz CT molecular complexity index is 537. The van der Waals surface area contributed by atoms with E-state index < -0.39 is 0 Å². The monoisotopic (exact) mass is 274 g/mol. The Balaban J connectivity index is 1.73. The third kappa shape index (κ3) is 4.12. The van der Waals surface area contributed by atoms with Crippen LogP contribution in [-0.4, -0.2) is 29.0 Å². The third-order valence-corrected chi connectivity index (χ3v) is 2.69. The average Bonchev–Trinajstić information content (AvgIpc) is 2.94. The maximum Gasteiger partial charge on any atom is 0.341 e. The molecule has 0 fully saturated rings. The maximum atomic E-state index is 11.5. The summed E-state index contributed by atoms with van der Waals surface area (Å²) < 4.78 is 12.2. The van der Waals surface area contributed by atoms with Crippen LogP contribution in [0.15, 0.2) is 42.7 Å². The van der Waals surface area contributed by atoms with Crippen molar-refractivity contribution < 1.29 is 14.3 Å². The highest BCUT2D eigenvalue weighted by Crippen LogP contribution is 2.08. The zero-order valence-electron chi connectivity index (χ0n) is 11.5. The van der Waals surface area contributed by atoms with Gasteiger partial charge in [-0.1, -0.05) is 18.2 Å². The Kier molecular flexibility index (Phi) is 5.17. The van der Waals surface area contributed by atoms with Gasteiger partial charge in [0, 0.05) is 19.2 Å². The fourth-order valence-corrected chi connectivity index (χ4v) is 1.74. The fourth-order valence-electron chi connectivity index (χ4n) is 1.74. The summed E-state index contributed by atoms with van der Waals surface area (Å²) in [5.74, 6) is 0.527. The lowest BCUT2D eigenvalue weighted by Crippen LogP contribution is -2.06. The van der Waals surface area contributed by atoms with Crippen LogP contribution in [0, 0.1) is 0 Å². The minimum absolute atomic E-state index is 0.334. The number of aromatic nitrogens is 2. The lowest BCUT2D eigenvalue weighted by molar-refractivity contribution is 0.0526. The van der Waals surface area contributed by atoms with Crippen LogP contribution in [0.5, 0.6) is 5.75 Å². The number of aryl methyl sites for hydroxylation is 1. The molecule has 106 valence electrons. The summed E-state index contributed by atoms with van der Waals surface area (Å²) in [7, 11) is 0. The molecule has 1 aromatic carbocycles. The first kappa shape index (κ1) is 14.1. The van der Waals surface area contributed by atoms with Gasteiger partial charge < -0.3 is 9.47 Å². The van der Waals surface area contributed by atoms with Crippen LogP contribution in [0.2, 0.25) is 0 Å². The molecule has 0 amide bonds. The van der Waals surface area contributed by atoms with Gasteiger partial charge in [0.1, 0.15) is 5.75 Å². The molecule has 5 heteroatoms. The van der Waals surface area contributed by atoms with Gasteiger partial charge in [0.15, 0.2) is 0 Å². The predicted octanol–water partition coefficient (Wildman–Crippen LogP) is 2.53. The van der Waals surface area contributed by atoms with Gasteiger partial charge in [-0.3, -0.25) is 4.68 Å². The van der Waals surface area contributed by atoms with Crippen LogP contribution in [0.25, 0.3) is 0 Å². The number of benzene rings is 1. The fraction of sp³-hybridized carbons (Fsp3) is 0.333. The van der Waals surface area contributed by atoms with Crippen LogP contribution in [0.4, 0.5) is 0 Å². The van der Waals surface area contributed by atoms with Crippen molar-refractivity contribution in [1.29, 1.82) is 0 Å². The van der Waals surface area contributed by atoms with Crippen LogP contribution >= 0.6 is 0 Å². The van der Waals surface area contributed by atoms with E-state index in [0.29, 0.717) is 25.3 Å². The molecule has 2 aromatic rings. The molecule has 0 aliphatic carbocycles. The van der Waals surface area contributed by atoms with Gasteiger partial charge in [0.05, 0.1) is 25.0 Å². The van der Waals surface area contributed by atoms with E-state index >= 15 is 0 Å². The first-order valence-electron chi connectivity index (χ1n) is 6.67. The number of hydrogen-bond donors (Lipinski definition) is 0. The maximum absolute atomic E-state index is 11.5. The van der Waals surface area contributed by atoms with Crippen LogP contribution in [-0.2, 0) is 11.3 Å². The van der Waals surface area contributed by atoms with E-state index in [1.807, 2.05) is 30.3 Å². The van der Waals surface area contributed by atoms with Crippen molar-refractivity contribution in [3.63, 3.8) is 0 Å². The summed E-state index contributed by atoms with van der Waals surface area (Å²) >= 11 is 0. The highest BCUT2D eigenvalue weighted by molar-refractivity contribution is 5.88. The Labute approximate surface area is 118 Å². The quantitative estimate of drug-likeness (QED) is 0.575. The Morgan fingerprint density at radius 3 is 2.85 bits per heavy atom. The molecule has 2 rings (SSSR count). The van der Waals surface area contributed by atoms with E-state index in [0.717, 1.165) is 12.2 Å². The molecule has 1 heterocycles. The second-order valence-electron chi connectivity index (χ2n) is 4.23. The van der Waals surface area contributed by atoms with E-state index in [1.165, 1.54) is 6.20 Å². The number of esters is 1. The molecule has 0 spiro atoms. The lowest BCUT2D eigenvalue weighted by atomic mass is 10.3. The van der Waals surface area contributed by atoms with Gasteiger partial charge in [-0.2, -0.15) is 5.10 Å². The highest BCUT2D eigenvalue weighted by Gasteiger charge is 2.08. The van der Waals surface area contributed by atoms with Gasteiger partial charge in [-0.05, 0) is 19.1 Å². The van der Waals surface area contributed by atoms with Crippen LogP contribution < -0.4 is 4.74 Å². The lowest BCUT2D eigenvalue weighted by Gasteiger charge is -2.05. The van der Waals surface area contributed by atoms with Crippen molar-refractivity contribution in [2.45, 2.75) is 19.9 Å². The predicted molar refractivity (Wildman–Crippen MR) is 74.7 cm³/mol. The first-order chi connectivity index (χ1) is 9.79. The second-order valence-corrected chi connectivity index (χ2v) is 4.23. The number of ether oxygens (including phenoxy) is 2. The van der Waals surface area contributed by atoms with E-state index in [-0.39, 0.29) is 5.97 Å². The summed E-state index contributed by atoms with van der Waals surface area (Å²) in [4.78, 5) is 11.5. The van der Waals surface area contributed by atoms with Crippen LogP contribution in [0.3, 0.4) is 0 Å². The number of carbonyl (C=O) groups excluding carboxylic acids is 1. The summed E-state index contributed by atoms with van der Waals surface area (Å²) in [5.41, 5.74) is 0.482. The van der Waals surface area contributed by atoms with Gasteiger partial charge in [-0.25, -0.2) is 4.79 Å². The molecule has 0 atom stereocenters. The van der Waals surface area contributed by atoms with Crippen molar-refractivity contribution >= 4 is 5.97 Å². The average molecular weight is 274 g/mol. The Morgan fingerprint density at radius 1 is 1.30 bits per heavy atom. The third-order valence-electron chi connectivity index (χ3n) is 2.69. The summed E-state index contributed by atoms with van der Waals surface area (Å²) in [5, 5.41) is 4.12. The van der Waals surface area contributed by atoms with Crippen molar-refractivity contribution in [2.24, 2.45) is 0 Å². The standard InChI is InChI=1S/C15H18N2O3/c1-2-19-15(18)13-11-16-17(12-13)9-6-10-20-14-7-4-3-5-8-14/h3-5,7-8,11-12H,2,6,9-10H2,1H3. The number of hydrogen-bond acceptors (Lipinski definition) is 4. The molecule has 0 radical (unpaired) electrons. The topological polar surface area (TPSA) is 53.3 Å². The van der Waals surface area contributed by atoms with Crippen molar-refractivity contribution in [2.75, 3.05) is 13.2 Å². The van der Waals surface area contributed by atoms with Gasteiger partial charge in [0.2, 0.25) is 0 Å². The van der Waals surface area contributed by atoms with Crippen LogP contribution in [0.1, 0.15) is 23.7 Å². The molecule has 0 aliphatic heterocycles. The molecule has 0 aliphatic rings. The van der Waals surface area contributed by atoms with E-state index in [2.05, 4.69) is 5.10 Å². The largest absolute Gasteiger partial charge is 0.494 e. The van der Waals surface area contributed by atoms with Crippen molar-refractivity contribution in [1.82, 2.24) is 9.78 Å². The normalized spacial score (nSPS) is 10.2. The van der Waals surface area contributed by atoms with Crippen molar-refractivity contribution in [3.05, 3.63) is 48.3 Å². The van der Waals surface area contributed by atoms with Crippen molar-refractivity contribution in [3.8, 4) is 5.75 Å². The summed E-state index contributed by atoms with van der Waals surface area (Å²) in [6.07, 6.45) is 4.04. The molecule has 0 bridgehead atoms. The minimum atomic E-state index is -0.334. The molecular weight excluding hydrogens is 256 g/mol. The SMILES string of the molecule is CCOC(=O)c1cnn(CCCOc2ccccc2)c1. The number of para-hydroxylation sites is 1. The smallest absolute Gasteiger partial charge is 0.341 e. The zero-order chi connectivity index (χ0) is 14.2. The zero-order valence-corrected chi connectivity index (χ0v) is 11.5. The second kappa shape index (κ2) is 7.33. The molecular formula is C15H18N2O3. The highest BCUT2D eigenvalue weighted by atomic mass is 16.5. The molecule has 0 N–H and O–H groups in total. The van der Waals surface area contributed by atoms with E-state index in [1.54, 1.807) is 17.8 Å². The summed E-state index contributed by atoms with van der Waals surface area (Å²) in [6.45, 7) is 3.46. The van der Waals surface area contributed by atoms with Gasteiger partial charge >= 0.3 is 5.97 Å². The summed E-state index contributed by atoms with van der Waals surface area (Å²) in [6, 6.07) is 9.68. The van der Waals surface area contributed by atoms with E-state index in [4.69, 9.17) is 9.47 Å². The minimum Gasteiger partial charge on any atom is -0.494 e. The Hall–Kier alpha value is -2.30. The molecule has 5 nitrogen and oxygen atoms in total. The van der Waals surface area contributed by atoms with E-state index in [9.17, 15) is 4.79 Å². The number of rotatable bonds is 7. The number of carbonyl (C=O) groups is 1. The van der Waals surface area contributed by atoms with Gasteiger partial charge in [-0.15, -0.1) is 0 Å². The number of nitrogens with zero attached hydrogens (tertiary/aromatic N) is 2. The molecule has 0 unspecified atom stereocenters. The molecule has 1 aromatic heterocycles. The molecule has 0 saturated carbocycles. The molecule has 20 heavy (non-hydrogen) atoms.